The van der Waals surface area contributed by atoms with Crippen LogP contribution in [0.5, 0.6) is 5.75 Å². The molecule has 0 aliphatic carbocycles. The molecule has 1 aromatic heterocycles. The van der Waals surface area contributed by atoms with Crippen LogP contribution in [0.2, 0.25) is 9.36 Å². The lowest BCUT2D eigenvalue weighted by atomic mass is 10.1. The van der Waals surface area contributed by atoms with Crippen LogP contribution in [0.15, 0.2) is 24.3 Å². The van der Waals surface area contributed by atoms with Crippen molar-refractivity contribution in [3.8, 4) is 5.75 Å². The summed E-state index contributed by atoms with van der Waals surface area (Å²) < 4.78 is 14.5. The van der Waals surface area contributed by atoms with Crippen molar-refractivity contribution in [1.82, 2.24) is 9.69 Å². The third kappa shape index (κ3) is 6.09. The number of nitrogens with one attached hydrogen (secondary N) is 1. The van der Waals surface area contributed by atoms with E-state index in [1.165, 1.54) is 0 Å². The van der Waals surface area contributed by atoms with Crippen molar-refractivity contribution in [1.29, 1.82) is 0 Å². The number of aromatic nitrogens is 1. The monoisotopic (exact) mass is 430 g/mol. The van der Waals surface area contributed by atoms with Crippen LogP contribution < -0.4 is 10.1 Å². The Morgan fingerprint density at radius 2 is 1.89 bits per heavy atom. The Hall–Kier alpha value is -1.83. The molecule has 1 heterocycles. The molecule has 0 spiro atoms. The van der Waals surface area contributed by atoms with Crippen LogP contribution in [0.4, 0.5) is 0 Å². The van der Waals surface area contributed by atoms with E-state index in [0.29, 0.717) is 13.0 Å². The van der Waals surface area contributed by atoms with Gasteiger partial charge in [-0.25, -0.2) is 4.79 Å². The maximum absolute atomic E-state index is 12.5. The van der Waals surface area contributed by atoms with Gasteiger partial charge in [0.15, 0.2) is 11.8 Å². The average Bonchev–Trinajstić information content (AvgIpc) is 2.98. The predicted octanol–water partition coefficient (Wildman–Crippen LogP) is 4.35. The van der Waals surface area contributed by atoms with Crippen LogP contribution in [-0.2, 0) is 16.1 Å². The van der Waals surface area contributed by atoms with Gasteiger partial charge in [-0.15, -0.1) is 0 Å². The molecule has 27 heavy (non-hydrogen) atoms. The van der Waals surface area contributed by atoms with Crippen LogP contribution in [-0.4, -0.2) is 29.5 Å². The lowest BCUT2D eigenvalue weighted by Gasteiger charge is -2.19. The first kappa shape index (κ1) is 21.5. The molecule has 0 aliphatic rings. The molecule has 1 N–H and O–H groups in total. The number of benzene rings is 1. The molecule has 0 aliphatic heterocycles. The number of ether oxygens (including phenoxy) is 2. The lowest BCUT2D eigenvalue weighted by Crippen LogP contribution is -2.38. The van der Waals surface area contributed by atoms with Crippen LogP contribution in [0.3, 0.4) is 0 Å². The Morgan fingerprint density at radius 1 is 1.22 bits per heavy atom. The highest BCUT2D eigenvalue weighted by atomic mass is 35.5. The predicted molar refractivity (Wildman–Crippen MR) is 106 cm³/mol. The van der Waals surface area contributed by atoms with Crippen molar-refractivity contribution < 1.29 is 19.1 Å². The maximum atomic E-state index is 12.5. The van der Waals surface area contributed by atoms with Crippen molar-refractivity contribution >= 4 is 46.6 Å². The van der Waals surface area contributed by atoms with Gasteiger partial charge in [0.05, 0.1) is 7.11 Å². The minimum atomic E-state index is -0.952. The van der Waals surface area contributed by atoms with Crippen molar-refractivity contribution in [2.24, 2.45) is 5.92 Å². The first-order valence-corrected chi connectivity index (χ1v) is 9.77. The van der Waals surface area contributed by atoms with Gasteiger partial charge in [0.25, 0.3) is 5.91 Å². The summed E-state index contributed by atoms with van der Waals surface area (Å²) in [5.74, 6) is -0.279. The second-order valence-electron chi connectivity index (χ2n) is 6.21. The number of carbonyl (C=O) groups excluding carboxylic acids is 2. The van der Waals surface area contributed by atoms with Gasteiger partial charge in [0.2, 0.25) is 0 Å². The summed E-state index contributed by atoms with van der Waals surface area (Å²) in [5.41, 5.74) is 0.816. The van der Waals surface area contributed by atoms with Crippen molar-refractivity contribution in [2.75, 3.05) is 7.11 Å². The smallest absolute Gasteiger partial charge is 0.360 e. The van der Waals surface area contributed by atoms with Gasteiger partial charge in [0, 0.05) is 6.54 Å². The summed E-state index contributed by atoms with van der Waals surface area (Å²) in [6.45, 7) is 4.17. The van der Waals surface area contributed by atoms with E-state index in [4.69, 9.17) is 32.7 Å². The number of hydrogen-bond donors (Lipinski definition) is 1. The van der Waals surface area contributed by atoms with E-state index in [1.807, 2.05) is 26.0 Å². The van der Waals surface area contributed by atoms with Gasteiger partial charge >= 0.3 is 5.97 Å². The number of hydrogen-bond acceptors (Lipinski definition) is 6. The van der Waals surface area contributed by atoms with Crippen LogP contribution in [0.1, 0.15) is 36.3 Å². The molecule has 0 fully saturated rings. The van der Waals surface area contributed by atoms with E-state index in [-0.39, 0.29) is 26.9 Å². The fourth-order valence-corrected chi connectivity index (χ4v) is 3.23. The van der Waals surface area contributed by atoms with E-state index in [2.05, 4.69) is 9.69 Å². The van der Waals surface area contributed by atoms with Crippen molar-refractivity contribution in [3.05, 3.63) is 44.9 Å². The first-order chi connectivity index (χ1) is 12.8. The topological polar surface area (TPSA) is 77.5 Å². The number of carbonyl (C=O) groups is 2. The third-order valence-corrected chi connectivity index (χ3v) is 5.25. The van der Waals surface area contributed by atoms with Gasteiger partial charge < -0.3 is 14.8 Å². The summed E-state index contributed by atoms with van der Waals surface area (Å²) in [7, 11) is 1.59. The standard InChI is InChI=1S/C18H20Cl2N2O4S/c1-10(2)8-13(26-18(24)15-14(19)16(20)27-22-15)17(23)21-9-11-4-6-12(25-3)7-5-11/h4-7,10,13H,8-9H2,1-3H3,(H,21,23)/t13-/m1/s1. The Bertz CT molecular complexity index is 793. The molecule has 1 aromatic carbocycles. The first-order valence-electron chi connectivity index (χ1n) is 8.24. The molecule has 0 bridgehead atoms. The molecule has 0 unspecified atom stereocenters. The number of rotatable bonds is 8. The van der Waals surface area contributed by atoms with E-state index < -0.39 is 12.1 Å². The summed E-state index contributed by atoms with van der Waals surface area (Å²) >= 11 is 12.7. The lowest BCUT2D eigenvalue weighted by molar-refractivity contribution is -0.131. The minimum Gasteiger partial charge on any atom is -0.497 e. The molecule has 6 nitrogen and oxygen atoms in total. The molecule has 2 rings (SSSR count). The molecular weight excluding hydrogens is 411 g/mol. The van der Waals surface area contributed by atoms with Gasteiger partial charge in [0.1, 0.15) is 15.1 Å². The van der Waals surface area contributed by atoms with Crippen LogP contribution in [0, 0.1) is 5.92 Å². The Kier molecular flexibility index (Phi) is 7.89. The summed E-state index contributed by atoms with van der Waals surface area (Å²) in [6.07, 6.45) is -0.581. The SMILES string of the molecule is COc1ccc(CNC(=O)[C@@H](CC(C)C)OC(=O)c2nsc(Cl)c2Cl)cc1. The molecule has 0 saturated heterocycles. The molecule has 1 atom stereocenters. The largest absolute Gasteiger partial charge is 0.497 e. The van der Waals surface area contributed by atoms with Crippen molar-refractivity contribution in [2.45, 2.75) is 32.9 Å². The third-order valence-electron chi connectivity index (χ3n) is 3.64. The fourth-order valence-electron chi connectivity index (χ4n) is 2.25. The number of amides is 1. The van der Waals surface area contributed by atoms with Gasteiger partial charge in [-0.1, -0.05) is 49.2 Å². The zero-order valence-electron chi connectivity index (χ0n) is 15.1. The highest BCUT2D eigenvalue weighted by Crippen LogP contribution is 2.30. The highest BCUT2D eigenvalue weighted by molar-refractivity contribution is 7.11. The Morgan fingerprint density at radius 3 is 2.41 bits per heavy atom. The van der Waals surface area contributed by atoms with Crippen molar-refractivity contribution in [3.63, 3.8) is 0 Å². The fraction of sp³-hybridized carbons (Fsp3) is 0.389. The highest BCUT2D eigenvalue weighted by Gasteiger charge is 2.27. The van der Waals surface area contributed by atoms with E-state index in [1.54, 1.807) is 19.2 Å². The van der Waals surface area contributed by atoms with Gasteiger partial charge in [-0.05, 0) is 41.6 Å². The number of methoxy groups -OCH3 is 1. The van der Waals surface area contributed by atoms with E-state index in [9.17, 15) is 9.59 Å². The number of halogens is 2. The second kappa shape index (κ2) is 9.92. The average molecular weight is 431 g/mol. The summed E-state index contributed by atoms with van der Waals surface area (Å²) in [5, 5.41) is 2.82. The molecule has 0 saturated carbocycles. The summed E-state index contributed by atoms with van der Waals surface area (Å²) in [4.78, 5) is 24.8. The molecule has 1 amide bonds. The van der Waals surface area contributed by atoms with Gasteiger partial charge in [-0.3, -0.25) is 4.79 Å². The van der Waals surface area contributed by atoms with Crippen LogP contribution in [0.25, 0.3) is 0 Å². The van der Waals surface area contributed by atoms with E-state index >= 15 is 0 Å². The zero-order valence-corrected chi connectivity index (χ0v) is 17.5. The van der Waals surface area contributed by atoms with Gasteiger partial charge in [-0.2, -0.15) is 4.37 Å². The zero-order chi connectivity index (χ0) is 20.0. The molecule has 2 aromatic rings. The quantitative estimate of drug-likeness (QED) is 0.629. The minimum absolute atomic E-state index is 0.0357. The molecular formula is C18H20Cl2N2O4S. The normalized spacial score (nSPS) is 11.9. The molecule has 9 heteroatoms. The maximum Gasteiger partial charge on any atom is 0.360 e. The number of nitrogens with zero attached hydrogens (tertiary/aromatic N) is 1. The Labute approximate surface area is 171 Å². The Balaban J connectivity index is 2.02. The van der Waals surface area contributed by atoms with E-state index in [0.717, 1.165) is 22.8 Å². The second-order valence-corrected chi connectivity index (χ2v) is 7.96. The molecule has 0 radical (unpaired) electrons. The van der Waals surface area contributed by atoms with Crippen LogP contribution >= 0.6 is 34.7 Å². The summed E-state index contributed by atoms with van der Waals surface area (Å²) in [6, 6.07) is 7.31. The number of esters is 1. The molecule has 146 valence electrons.